The number of urea groups is 1. The highest BCUT2D eigenvalue weighted by molar-refractivity contribution is 6.32. The fourth-order valence-electron chi connectivity index (χ4n) is 5.27. The first kappa shape index (κ1) is 31.1. The SMILES string of the molecule is CC(C)n1c(=O)n(CC2CCCO2)c(=O)c2cc(NC(=O)N3CCOC(C(=O)Nc4cc(Cl)c(C#N)cc4F)C3)c(F)cc21. The van der Waals surface area contributed by atoms with Gasteiger partial charge in [-0.15, -0.1) is 0 Å². The average molecular weight is 631 g/mol. The summed E-state index contributed by atoms with van der Waals surface area (Å²) < 4.78 is 43.2. The number of nitriles is 1. The molecular formula is C29H29ClF2N6O6. The van der Waals surface area contributed by atoms with Gasteiger partial charge >= 0.3 is 11.7 Å². The zero-order valence-corrected chi connectivity index (χ0v) is 24.6. The summed E-state index contributed by atoms with van der Waals surface area (Å²) in [6.07, 6.45) is 0.0212. The molecule has 2 N–H and O–H groups in total. The van der Waals surface area contributed by atoms with Crippen LogP contribution < -0.4 is 21.9 Å². The number of benzene rings is 2. The predicted molar refractivity (Wildman–Crippen MR) is 157 cm³/mol. The molecule has 2 saturated heterocycles. The Morgan fingerprint density at radius 3 is 2.50 bits per heavy atom. The van der Waals surface area contributed by atoms with Crippen LogP contribution in [-0.2, 0) is 20.8 Å². The van der Waals surface area contributed by atoms with E-state index in [1.54, 1.807) is 19.9 Å². The largest absolute Gasteiger partial charge is 0.376 e. The highest BCUT2D eigenvalue weighted by atomic mass is 35.5. The zero-order valence-electron chi connectivity index (χ0n) is 23.9. The van der Waals surface area contributed by atoms with Crippen molar-refractivity contribution in [3.05, 3.63) is 67.3 Å². The molecule has 2 aliphatic heterocycles. The highest BCUT2D eigenvalue weighted by Crippen LogP contribution is 2.26. The maximum absolute atomic E-state index is 15.3. The molecule has 0 spiro atoms. The van der Waals surface area contributed by atoms with E-state index < -0.39 is 47.0 Å². The molecule has 2 aromatic carbocycles. The number of fused-ring (bicyclic) bond motifs is 1. The number of hydrogen-bond donors (Lipinski definition) is 2. The number of morpholine rings is 1. The van der Waals surface area contributed by atoms with Gasteiger partial charge in [-0.2, -0.15) is 5.26 Å². The molecule has 0 saturated carbocycles. The molecule has 1 aromatic heterocycles. The number of ether oxygens (including phenoxy) is 2. The summed E-state index contributed by atoms with van der Waals surface area (Å²) in [4.78, 5) is 53.9. The van der Waals surface area contributed by atoms with Crippen LogP contribution in [0, 0.1) is 23.0 Å². The number of aromatic nitrogens is 2. The molecule has 2 atom stereocenters. The maximum Gasteiger partial charge on any atom is 0.331 e. The van der Waals surface area contributed by atoms with E-state index in [9.17, 15) is 23.6 Å². The Hall–Kier alpha value is -4.32. The van der Waals surface area contributed by atoms with E-state index >= 15 is 4.39 Å². The molecule has 44 heavy (non-hydrogen) atoms. The van der Waals surface area contributed by atoms with E-state index in [1.165, 1.54) is 15.5 Å². The van der Waals surface area contributed by atoms with Gasteiger partial charge in [0, 0.05) is 25.3 Å². The summed E-state index contributed by atoms with van der Waals surface area (Å²) in [5.41, 5.74) is -1.79. The quantitative estimate of drug-likeness (QED) is 0.423. The number of rotatable bonds is 6. The van der Waals surface area contributed by atoms with Gasteiger partial charge in [-0.25, -0.2) is 18.4 Å². The van der Waals surface area contributed by atoms with Crippen LogP contribution in [-0.4, -0.2) is 64.5 Å². The Morgan fingerprint density at radius 1 is 1.09 bits per heavy atom. The predicted octanol–water partition coefficient (Wildman–Crippen LogP) is 3.60. The van der Waals surface area contributed by atoms with Crippen molar-refractivity contribution in [2.24, 2.45) is 0 Å². The fourth-order valence-corrected chi connectivity index (χ4v) is 5.48. The van der Waals surface area contributed by atoms with Gasteiger partial charge in [-0.1, -0.05) is 11.6 Å². The molecule has 0 bridgehead atoms. The van der Waals surface area contributed by atoms with Gasteiger partial charge in [0.2, 0.25) is 0 Å². The Bertz CT molecular complexity index is 1800. The number of nitrogens with zero attached hydrogens (tertiary/aromatic N) is 4. The Morgan fingerprint density at radius 2 is 1.82 bits per heavy atom. The lowest BCUT2D eigenvalue weighted by atomic mass is 10.1. The van der Waals surface area contributed by atoms with Gasteiger partial charge in [-0.05, 0) is 44.9 Å². The molecule has 2 aliphatic rings. The minimum Gasteiger partial charge on any atom is -0.376 e. The zero-order chi connectivity index (χ0) is 31.7. The molecule has 5 rings (SSSR count). The normalized spacial score (nSPS) is 18.4. The molecule has 3 heterocycles. The molecule has 2 unspecified atom stereocenters. The van der Waals surface area contributed by atoms with E-state index in [-0.39, 0.29) is 65.2 Å². The van der Waals surface area contributed by atoms with Crippen molar-refractivity contribution in [2.75, 3.05) is 36.9 Å². The van der Waals surface area contributed by atoms with Gasteiger partial charge in [-0.3, -0.25) is 18.7 Å². The van der Waals surface area contributed by atoms with Gasteiger partial charge in [0.05, 0.1) is 58.7 Å². The summed E-state index contributed by atoms with van der Waals surface area (Å²) in [7, 11) is 0. The van der Waals surface area contributed by atoms with E-state index in [1.807, 2.05) is 0 Å². The second kappa shape index (κ2) is 12.7. The number of amides is 3. The third-order valence-electron chi connectivity index (χ3n) is 7.51. The summed E-state index contributed by atoms with van der Waals surface area (Å²) in [6.45, 7) is 3.83. The van der Waals surface area contributed by atoms with Crippen molar-refractivity contribution in [3.8, 4) is 6.07 Å². The number of halogens is 3. The summed E-state index contributed by atoms with van der Waals surface area (Å²) in [5.74, 6) is -2.52. The highest BCUT2D eigenvalue weighted by Gasteiger charge is 2.31. The standard InChI is InChI=1S/C29H29ClF2N6O6/c1-15(2)38-24-11-21(32)22(9-18(24)27(40)37(29(38)42)13-17-4-3-6-43-17)35-28(41)36-5-7-44-25(14-36)26(39)34-23-10-19(30)16(12-33)8-20(23)31/h8-11,15,17,25H,3-7,13-14H2,1-2H3,(H,34,39)(H,35,41). The van der Waals surface area contributed by atoms with Crippen LogP contribution >= 0.6 is 11.6 Å². The first-order chi connectivity index (χ1) is 21.0. The molecule has 15 heteroatoms. The van der Waals surface area contributed by atoms with Crippen LogP contribution in [0.25, 0.3) is 10.9 Å². The van der Waals surface area contributed by atoms with Crippen molar-refractivity contribution in [2.45, 2.75) is 51.5 Å². The number of carbonyl (C=O) groups is 2. The first-order valence-corrected chi connectivity index (χ1v) is 14.3. The second-order valence-corrected chi connectivity index (χ2v) is 11.2. The second-order valence-electron chi connectivity index (χ2n) is 10.8. The summed E-state index contributed by atoms with van der Waals surface area (Å²) in [6, 6.07) is 4.78. The Labute approximate surface area is 254 Å². The van der Waals surface area contributed by atoms with Crippen LogP contribution in [0.1, 0.15) is 38.3 Å². The van der Waals surface area contributed by atoms with Gasteiger partial charge in [0.15, 0.2) is 6.10 Å². The van der Waals surface area contributed by atoms with Crippen LogP contribution in [0.3, 0.4) is 0 Å². The summed E-state index contributed by atoms with van der Waals surface area (Å²) >= 11 is 5.94. The van der Waals surface area contributed by atoms with Crippen molar-refractivity contribution in [1.29, 1.82) is 5.26 Å². The molecule has 232 valence electrons. The van der Waals surface area contributed by atoms with Crippen molar-refractivity contribution >= 4 is 45.8 Å². The molecule has 12 nitrogen and oxygen atoms in total. The van der Waals surface area contributed by atoms with E-state index in [0.29, 0.717) is 13.0 Å². The third-order valence-corrected chi connectivity index (χ3v) is 7.82. The lowest BCUT2D eigenvalue weighted by molar-refractivity contribution is -0.131. The molecule has 2 fully saturated rings. The van der Waals surface area contributed by atoms with Gasteiger partial charge < -0.3 is 25.0 Å². The number of anilines is 2. The van der Waals surface area contributed by atoms with Crippen LogP contribution in [0.4, 0.5) is 25.0 Å². The minimum atomic E-state index is -1.20. The monoisotopic (exact) mass is 630 g/mol. The first-order valence-electron chi connectivity index (χ1n) is 14.0. The molecule has 0 aliphatic carbocycles. The smallest absolute Gasteiger partial charge is 0.331 e. The van der Waals surface area contributed by atoms with Crippen LogP contribution in [0.15, 0.2) is 33.9 Å². The molecular weight excluding hydrogens is 602 g/mol. The summed E-state index contributed by atoms with van der Waals surface area (Å²) in [5, 5.41) is 13.8. The number of carbonyl (C=O) groups excluding carboxylic acids is 2. The van der Waals surface area contributed by atoms with E-state index in [4.69, 9.17) is 26.3 Å². The number of nitrogens with one attached hydrogen (secondary N) is 2. The minimum absolute atomic E-state index is 0.0373. The maximum atomic E-state index is 15.3. The number of hydrogen-bond acceptors (Lipinski definition) is 7. The lowest BCUT2D eigenvalue weighted by Gasteiger charge is -2.32. The average Bonchev–Trinajstić information content (AvgIpc) is 3.51. The van der Waals surface area contributed by atoms with Crippen molar-refractivity contribution in [3.63, 3.8) is 0 Å². The lowest BCUT2D eigenvalue weighted by Crippen LogP contribution is -2.51. The topological polar surface area (TPSA) is 148 Å². The van der Waals surface area contributed by atoms with Crippen molar-refractivity contribution in [1.82, 2.24) is 14.0 Å². The van der Waals surface area contributed by atoms with Gasteiger partial charge in [0.1, 0.15) is 17.7 Å². The van der Waals surface area contributed by atoms with Crippen molar-refractivity contribution < 1.29 is 27.8 Å². The van der Waals surface area contributed by atoms with Crippen LogP contribution in [0.5, 0.6) is 0 Å². The van der Waals surface area contributed by atoms with E-state index in [0.717, 1.165) is 29.2 Å². The third kappa shape index (κ3) is 6.17. The Balaban J connectivity index is 1.37. The van der Waals surface area contributed by atoms with Gasteiger partial charge in [0.25, 0.3) is 11.5 Å². The van der Waals surface area contributed by atoms with E-state index in [2.05, 4.69) is 10.6 Å². The Kier molecular flexibility index (Phi) is 9.00. The molecule has 0 radical (unpaired) electrons. The molecule has 3 amide bonds. The fraction of sp³-hybridized carbons (Fsp3) is 0.414. The molecule has 3 aromatic rings. The van der Waals surface area contributed by atoms with Crippen LogP contribution in [0.2, 0.25) is 5.02 Å².